The van der Waals surface area contributed by atoms with Crippen molar-refractivity contribution < 1.29 is 22.7 Å². The average Bonchev–Trinajstić information content (AvgIpc) is 2.67. The van der Waals surface area contributed by atoms with Crippen molar-refractivity contribution in [3.05, 3.63) is 48.0 Å². The Morgan fingerprint density at radius 3 is 2.04 bits per heavy atom. The molecule has 146 valence electrons. The molecule has 0 aliphatic rings. The second-order valence-corrected chi connectivity index (χ2v) is 8.00. The van der Waals surface area contributed by atoms with Gasteiger partial charge < -0.3 is 14.8 Å². The molecule has 0 aromatic heterocycles. The van der Waals surface area contributed by atoms with Gasteiger partial charge >= 0.3 is 10.2 Å². The Bertz CT molecular complexity index is 911. The van der Waals surface area contributed by atoms with Crippen LogP contribution in [0.3, 0.4) is 0 Å². The van der Waals surface area contributed by atoms with Gasteiger partial charge in [-0.05, 0) is 36.4 Å². The van der Waals surface area contributed by atoms with E-state index in [1.165, 1.54) is 35.4 Å². The summed E-state index contributed by atoms with van der Waals surface area (Å²) in [5, 5.41) is 2.77. The topological polar surface area (TPSA) is 88.2 Å². The normalized spacial score (nSPS) is 11.2. The lowest BCUT2D eigenvalue weighted by atomic mass is 10.2. The number of nitrogens with zero attached hydrogens (tertiary/aromatic N) is 2. The van der Waals surface area contributed by atoms with Gasteiger partial charge in [-0.2, -0.15) is 12.7 Å². The largest absolute Gasteiger partial charge is 0.493 e. The molecule has 8 nitrogen and oxygen atoms in total. The highest BCUT2D eigenvalue weighted by molar-refractivity contribution is 7.90. The lowest BCUT2D eigenvalue weighted by molar-refractivity contribution is 0.102. The van der Waals surface area contributed by atoms with Crippen LogP contribution in [-0.4, -0.2) is 54.0 Å². The van der Waals surface area contributed by atoms with Crippen molar-refractivity contribution in [2.24, 2.45) is 0 Å². The zero-order valence-electron chi connectivity index (χ0n) is 15.9. The smallest absolute Gasteiger partial charge is 0.303 e. The number of ether oxygens (including phenoxy) is 2. The molecule has 0 heterocycles. The molecule has 0 aliphatic heterocycles. The second kappa shape index (κ2) is 8.28. The Kier molecular flexibility index (Phi) is 6.29. The number of carbonyl (C=O) groups excluding carboxylic acids is 1. The summed E-state index contributed by atoms with van der Waals surface area (Å²) in [4.78, 5) is 12.4. The Hall–Kier alpha value is -2.78. The number of anilines is 2. The molecule has 0 saturated heterocycles. The van der Waals surface area contributed by atoms with Crippen molar-refractivity contribution in [3.63, 3.8) is 0 Å². The van der Waals surface area contributed by atoms with Gasteiger partial charge in [-0.15, -0.1) is 0 Å². The molecule has 9 heteroatoms. The van der Waals surface area contributed by atoms with Crippen molar-refractivity contribution >= 4 is 27.5 Å². The quantitative estimate of drug-likeness (QED) is 0.779. The van der Waals surface area contributed by atoms with Crippen LogP contribution >= 0.6 is 0 Å². The van der Waals surface area contributed by atoms with E-state index in [0.717, 1.165) is 8.61 Å². The van der Waals surface area contributed by atoms with E-state index in [9.17, 15) is 13.2 Å². The lowest BCUT2D eigenvalue weighted by Crippen LogP contribution is -2.37. The van der Waals surface area contributed by atoms with Gasteiger partial charge in [0.25, 0.3) is 5.91 Å². The average molecular weight is 393 g/mol. The van der Waals surface area contributed by atoms with Gasteiger partial charge in [-0.1, -0.05) is 0 Å². The second-order valence-electron chi connectivity index (χ2n) is 5.83. The fourth-order valence-corrected chi connectivity index (χ4v) is 3.20. The van der Waals surface area contributed by atoms with Gasteiger partial charge in [-0.3, -0.25) is 9.10 Å². The maximum Gasteiger partial charge on any atom is 0.303 e. The molecule has 2 aromatic rings. The summed E-state index contributed by atoms with van der Waals surface area (Å²) in [6.07, 6.45) is 0. The first kappa shape index (κ1) is 20.5. The molecule has 0 unspecified atom stereocenters. The van der Waals surface area contributed by atoms with Crippen LogP contribution in [0.5, 0.6) is 11.5 Å². The Labute approximate surface area is 159 Å². The van der Waals surface area contributed by atoms with E-state index in [4.69, 9.17) is 9.47 Å². The zero-order valence-corrected chi connectivity index (χ0v) is 16.7. The minimum Gasteiger partial charge on any atom is -0.493 e. The highest BCUT2D eigenvalue weighted by Gasteiger charge is 2.21. The van der Waals surface area contributed by atoms with E-state index in [0.29, 0.717) is 28.4 Å². The molecule has 2 rings (SSSR count). The SMILES string of the molecule is COc1ccc(NC(=O)c2ccc(N(C)S(=O)(=O)N(C)C)cc2)cc1OC. The van der Waals surface area contributed by atoms with Gasteiger partial charge in [-0.25, -0.2) is 0 Å². The van der Waals surface area contributed by atoms with E-state index >= 15 is 0 Å². The van der Waals surface area contributed by atoms with Crippen LogP contribution in [0.2, 0.25) is 0 Å². The van der Waals surface area contributed by atoms with Crippen LogP contribution < -0.4 is 19.1 Å². The molecule has 0 atom stereocenters. The molecule has 1 amide bonds. The molecule has 27 heavy (non-hydrogen) atoms. The van der Waals surface area contributed by atoms with Crippen LogP contribution in [0.15, 0.2) is 42.5 Å². The highest BCUT2D eigenvalue weighted by atomic mass is 32.2. The summed E-state index contributed by atoms with van der Waals surface area (Å²) < 4.78 is 36.9. The van der Waals surface area contributed by atoms with Crippen molar-refractivity contribution in [1.29, 1.82) is 0 Å². The van der Waals surface area contributed by atoms with Gasteiger partial charge in [0, 0.05) is 38.5 Å². The molecular formula is C18H23N3O5S. The number of nitrogens with one attached hydrogen (secondary N) is 1. The van der Waals surface area contributed by atoms with Crippen LogP contribution in [0.4, 0.5) is 11.4 Å². The molecule has 0 bridgehead atoms. The number of hydrogen-bond acceptors (Lipinski definition) is 5. The van der Waals surface area contributed by atoms with E-state index in [-0.39, 0.29) is 5.91 Å². The highest BCUT2D eigenvalue weighted by Crippen LogP contribution is 2.30. The van der Waals surface area contributed by atoms with Crippen LogP contribution in [0, 0.1) is 0 Å². The summed E-state index contributed by atoms with van der Waals surface area (Å²) in [6.45, 7) is 0. The molecule has 2 aromatic carbocycles. The molecule has 0 saturated carbocycles. The summed E-state index contributed by atoms with van der Waals surface area (Å²) in [5.41, 5.74) is 1.39. The molecular weight excluding hydrogens is 370 g/mol. The van der Waals surface area contributed by atoms with E-state index in [2.05, 4.69) is 5.32 Å². The van der Waals surface area contributed by atoms with Crippen molar-refractivity contribution in [2.45, 2.75) is 0 Å². The lowest BCUT2D eigenvalue weighted by Gasteiger charge is -2.23. The predicted molar refractivity (Wildman–Crippen MR) is 105 cm³/mol. The summed E-state index contributed by atoms with van der Waals surface area (Å²) in [6, 6.07) is 11.3. The number of hydrogen-bond donors (Lipinski definition) is 1. The molecule has 0 radical (unpaired) electrons. The minimum atomic E-state index is -3.59. The molecule has 0 fully saturated rings. The Morgan fingerprint density at radius 1 is 0.926 bits per heavy atom. The standard InChI is InChI=1S/C18H23N3O5S/c1-20(2)27(23,24)21(3)15-9-6-13(7-10-15)18(22)19-14-8-11-16(25-4)17(12-14)26-5/h6-12H,1-5H3,(H,19,22). The first-order valence-electron chi connectivity index (χ1n) is 8.00. The monoisotopic (exact) mass is 393 g/mol. The van der Waals surface area contributed by atoms with Crippen molar-refractivity contribution in [1.82, 2.24) is 4.31 Å². The Morgan fingerprint density at radius 2 is 1.52 bits per heavy atom. The molecule has 0 spiro atoms. The number of benzene rings is 2. The first-order chi connectivity index (χ1) is 12.7. The van der Waals surface area contributed by atoms with Crippen molar-refractivity contribution in [3.8, 4) is 11.5 Å². The summed E-state index contributed by atoms with van der Waals surface area (Å²) >= 11 is 0. The molecule has 1 N–H and O–H groups in total. The Balaban J connectivity index is 2.17. The predicted octanol–water partition coefficient (Wildman–Crippen LogP) is 2.20. The van der Waals surface area contributed by atoms with E-state index in [1.54, 1.807) is 42.5 Å². The molecule has 0 aliphatic carbocycles. The van der Waals surface area contributed by atoms with Gasteiger partial charge in [0.1, 0.15) is 0 Å². The van der Waals surface area contributed by atoms with Gasteiger partial charge in [0.05, 0.1) is 19.9 Å². The summed E-state index contributed by atoms with van der Waals surface area (Å²) in [5.74, 6) is 0.734. The first-order valence-corrected chi connectivity index (χ1v) is 9.40. The van der Waals surface area contributed by atoms with Crippen LogP contribution in [0.1, 0.15) is 10.4 Å². The number of amides is 1. The third kappa shape index (κ3) is 4.50. The third-order valence-corrected chi connectivity index (χ3v) is 5.77. The van der Waals surface area contributed by atoms with Gasteiger partial charge in [0.15, 0.2) is 11.5 Å². The zero-order chi connectivity index (χ0) is 20.2. The maximum absolute atomic E-state index is 12.4. The fraction of sp³-hybridized carbons (Fsp3) is 0.278. The van der Waals surface area contributed by atoms with E-state index < -0.39 is 10.2 Å². The summed E-state index contributed by atoms with van der Waals surface area (Å²) in [7, 11) is 3.82. The fourth-order valence-electron chi connectivity index (χ4n) is 2.32. The van der Waals surface area contributed by atoms with Crippen molar-refractivity contribution in [2.75, 3.05) is 45.0 Å². The van der Waals surface area contributed by atoms with Gasteiger partial charge in [0.2, 0.25) is 0 Å². The third-order valence-electron chi connectivity index (χ3n) is 3.94. The number of methoxy groups -OCH3 is 2. The van der Waals surface area contributed by atoms with Crippen LogP contribution in [-0.2, 0) is 10.2 Å². The minimum absolute atomic E-state index is 0.327. The van der Waals surface area contributed by atoms with Crippen LogP contribution in [0.25, 0.3) is 0 Å². The number of rotatable bonds is 7. The maximum atomic E-state index is 12.4. The van der Waals surface area contributed by atoms with E-state index in [1.807, 2.05) is 0 Å². The number of carbonyl (C=O) groups is 1.